The molecule has 112 valence electrons. The summed E-state index contributed by atoms with van der Waals surface area (Å²) in [7, 11) is 0. The van der Waals surface area contributed by atoms with Gasteiger partial charge in [0, 0.05) is 25.2 Å². The molecule has 0 spiro atoms. The molecule has 2 aromatic heterocycles. The smallest absolute Gasteiger partial charge is 0.257 e. The fourth-order valence-corrected chi connectivity index (χ4v) is 2.91. The summed E-state index contributed by atoms with van der Waals surface area (Å²) < 4.78 is 7.26. The Morgan fingerprint density at radius 3 is 3.10 bits per heavy atom. The average molecular weight is 288 g/mol. The first-order chi connectivity index (χ1) is 10.1. The second-order valence-electron chi connectivity index (χ2n) is 5.57. The number of carbonyl (C=O) groups is 1. The Labute approximate surface area is 123 Å². The zero-order chi connectivity index (χ0) is 15.0. The molecule has 6 heteroatoms. The number of hydrogen-bond donors (Lipinski definition) is 1. The molecule has 1 amide bonds. The third-order valence-electron chi connectivity index (χ3n) is 3.94. The van der Waals surface area contributed by atoms with Crippen molar-refractivity contribution in [3.8, 4) is 0 Å². The molecular weight excluding hydrogens is 268 g/mol. The van der Waals surface area contributed by atoms with Gasteiger partial charge in [-0.2, -0.15) is 0 Å². The van der Waals surface area contributed by atoms with E-state index < -0.39 is 0 Å². The van der Waals surface area contributed by atoms with E-state index in [0.717, 1.165) is 36.6 Å². The number of nitrogens with one attached hydrogen (secondary N) is 1. The van der Waals surface area contributed by atoms with Crippen LogP contribution < -0.4 is 5.32 Å². The number of aromatic nitrogens is 3. The lowest BCUT2D eigenvalue weighted by Gasteiger charge is -2.24. The van der Waals surface area contributed by atoms with E-state index in [9.17, 15) is 4.79 Å². The highest BCUT2D eigenvalue weighted by atomic mass is 16.5. The van der Waals surface area contributed by atoms with Gasteiger partial charge >= 0.3 is 0 Å². The number of amides is 1. The highest BCUT2D eigenvalue weighted by Gasteiger charge is 2.25. The van der Waals surface area contributed by atoms with Gasteiger partial charge in [0.15, 0.2) is 0 Å². The van der Waals surface area contributed by atoms with E-state index in [4.69, 9.17) is 4.52 Å². The van der Waals surface area contributed by atoms with Gasteiger partial charge in [0.2, 0.25) is 0 Å². The first-order valence-corrected chi connectivity index (χ1v) is 7.37. The minimum absolute atomic E-state index is 0.0871. The van der Waals surface area contributed by atoms with Gasteiger partial charge in [-0.3, -0.25) is 4.79 Å². The predicted molar refractivity (Wildman–Crippen MR) is 77.2 cm³/mol. The lowest BCUT2D eigenvalue weighted by atomic mass is 10.1. The van der Waals surface area contributed by atoms with Crippen LogP contribution in [0, 0.1) is 13.8 Å². The molecule has 6 nitrogen and oxygen atoms in total. The van der Waals surface area contributed by atoms with Crippen LogP contribution >= 0.6 is 0 Å². The van der Waals surface area contributed by atoms with Gasteiger partial charge in [0.1, 0.15) is 17.1 Å². The average Bonchev–Trinajstić information content (AvgIpc) is 2.99. The van der Waals surface area contributed by atoms with Crippen LogP contribution in [0.2, 0.25) is 0 Å². The van der Waals surface area contributed by atoms with Crippen molar-refractivity contribution in [2.24, 2.45) is 0 Å². The third kappa shape index (κ3) is 2.57. The van der Waals surface area contributed by atoms with Crippen LogP contribution in [-0.2, 0) is 19.4 Å². The number of rotatable bonds is 3. The normalized spacial score (nSPS) is 17.6. The van der Waals surface area contributed by atoms with Crippen molar-refractivity contribution in [3.05, 3.63) is 34.7 Å². The fourth-order valence-electron chi connectivity index (χ4n) is 2.91. The lowest BCUT2D eigenvalue weighted by molar-refractivity contribution is 0.0925. The Balaban J connectivity index is 1.73. The van der Waals surface area contributed by atoms with Crippen molar-refractivity contribution in [2.75, 3.05) is 0 Å². The van der Waals surface area contributed by atoms with Crippen molar-refractivity contribution in [2.45, 2.75) is 52.6 Å². The highest BCUT2D eigenvalue weighted by Crippen LogP contribution is 2.18. The molecule has 2 aromatic rings. The number of imidazole rings is 1. The maximum atomic E-state index is 12.5. The second-order valence-corrected chi connectivity index (χ2v) is 5.57. The molecule has 0 aromatic carbocycles. The summed E-state index contributed by atoms with van der Waals surface area (Å²) in [6.07, 6.45) is 4.53. The largest absolute Gasteiger partial charge is 0.361 e. The first-order valence-electron chi connectivity index (χ1n) is 7.37. The molecule has 3 rings (SSSR count). The van der Waals surface area contributed by atoms with Crippen molar-refractivity contribution >= 4 is 5.91 Å². The number of fused-ring (bicyclic) bond motifs is 1. The predicted octanol–water partition coefficient (Wildman–Crippen LogP) is 1.80. The summed E-state index contributed by atoms with van der Waals surface area (Å²) in [5.41, 5.74) is 2.34. The SMILES string of the molecule is CCc1noc(C)c1C(=O)NC1CCc2nc(C)cn2C1. The van der Waals surface area contributed by atoms with E-state index >= 15 is 0 Å². The van der Waals surface area contributed by atoms with Gasteiger partial charge in [-0.05, 0) is 26.7 Å². The summed E-state index contributed by atoms with van der Waals surface area (Å²) in [6.45, 7) is 6.51. The number of nitrogens with zero attached hydrogens (tertiary/aromatic N) is 3. The molecule has 0 aliphatic carbocycles. The number of hydrogen-bond acceptors (Lipinski definition) is 4. The Bertz CT molecular complexity index is 671. The van der Waals surface area contributed by atoms with Crippen LogP contribution in [-0.4, -0.2) is 26.7 Å². The molecule has 0 bridgehead atoms. The van der Waals surface area contributed by atoms with E-state index in [1.54, 1.807) is 6.92 Å². The molecule has 1 atom stereocenters. The Morgan fingerprint density at radius 2 is 2.33 bits per heavy atom. The quantitative estimate of drug-likeness (QED) is 0.934. The Kier molecular flexibility index (Phi) is 3.53. The number of carbonyl (C=O) groups excluding carboxylic acids is 1. The molecule has 1 aliphatic rings. The van der Waals surface area contributed by atoms with Gasteiger partial charge < -0.3 is 14.4 Å². The molecule has 0 saturated carbocycles. The van der Waals surface area contributed by atoms with Crippen LogP contribution in [0.15, 0.2) is 10.7 Å². The third-order valence-corrected chi connectivity index (χ3v) is 3.94. The van der Waals surface area contributed by atoms with Gasteiger partial charge in [-0.15, -0.1) is 0 Å². The molecule has 0 saturated heterocycles. The highest BCUT2D eigenvalue weighted by molar-refractivity contribution is 5.96. The van der Waals surface area contributed by atoms with Crippen LogP contribution in [0.3, 0.4) is 0 Å². The fraction of sp³-hybridized carbons (Fsp3) is 0.533. The van der Waals surface area contributed by atoms with Crippen LogP contribution in [0.25, 0.3) is 0 Å². The number of aryl methyl sites for hydroxylation is 4. The maximum Gasteiger partial charge on any atom is 0.257 e. The van der Waals surface area contributed by atoms with Crippen molar-refractivity contribution in [1.29, 1.82) is 0 Å². The molecule has 0 radical (unpaired) electrons. The van der Waals surface area contributed by atoms with Crippen LogP contribution in [0.1, 0.15) is 46.7 Å². The van der Waals surface area contributed by atoms with E-state index in [1.165, 1.54) is 0 Å². The van der Waals surface area contributed by atoms with E-state index in [0.29, 0.717) is 17.7 Å². The molecule has 3 heterocycles. The lowest BCUT2D eigenvalue weighted by Crippen LogP contribution is -2.41. The molecule has 1 N–H and O–H groups in total. The minimum Gasteiger partial charge on any atom is -0.361 e. The van der Waals surface area contributed by atoms with Crippen molar-refractivity contribution in [1.82, 2.24) is 20.0 Å². The monoisotopic (exact) mass is 288 g/mol. The zero-order valence-electron chi connectivity index (χ0n) is 12.6. The summed E-state index contributed by atoms with van der Waals surface area (Å²) in [4.78, 5) is 16.9. The van der Waals surface area contributed by atoms with Crippen LogP contribution in [0.4, 0.5) is 0 Å². The summed E-state index contributed by atoms with van der Waals surface area (Å²) in [5.74, 6) is 1.60. The standard InChI is InChI=1S/C15H20N4O2/c1-4-12-14(10(3)21-18-12)15(20)17-11-5-6-13-16-9(2)7-19(13)8-11/h7,11H,4-6,8H2,1-3H3,(H,17,20). The van der Waals surface area contributed by atoms with Gasteiger partial charge in [-0.25, -0.2) is 4.98 Å². The molecule has 21 heavy (non-hydrogen) atoms. The molecule has 1 aliphatic heterocycles. The topological polar surface area (TPSA) is 73.0 Å². The van der Waals surface area contributed by atoms with E-state index in [2.05, 4.69) is 20.0 Å². The molecular formula is C15H20N4O2. The minimum atomic E-state index is -0.0871. The van der Waals surface area contributed by atoms with Crippen molar-refractivity contribution in [3.63, 3.8) is 0 Å². The zero-order valence-corrected chi connectivity index (χ0v) is 12.6. The van der Waals surface area contributed by atoms with Crippen molar-refractivity contribution < 1.29 is 9.32 Å². The van der Waals surface area contributed by atoms with Gasteiger partial charge in [0.25, 0.3) is 5.91 Å². The van der Waals surface area contributed by atoms with Crippen LogP contribution in [0.5, 0.6) is 0 Å². The van der Waals surface area contributed by atoms with Gasteiger partial charge in [-0.1, -0.05) is 12.1 Å². The summed E-state index contributed by atoms with van der Waals surface area (Å²) >= 11 is 0. The summed E-state index contributed by atoms with van der Waals surface area (Å²) in [5, 5.41) is 7.04. The second kappa shape index (κ2) is 5.35. The Morgan fingerprint density at radius 1 is 1.52 bits per heavy atom. The van der Waals surface area contributed by atoms with E-state index in [-0.39, 0.29) is 11.9 Å². The molecule has 0 fully saturated rings. The maximum absolute atomic E-state index is 12.5. The Hall–Kier alpha value is -2.11. The van der Waals surface area contributed by atoms with Gasteiger partial charge in [0.05, 0.1) is 11.4 Å². The first kappa shape index (κ1) is 13.9. The van der Waals surface area contributed by atoms with E-state index in [1.807, 2.05) is 20.0 Å². The molecule has 1 unspecified atom stereocenters. The summed E-state index contributed by atoms with van der Waals surface area (Å²) in [6, 6.07) is 0.123.